The van der Waals surface area contributed by atoms with Gasteiger partial charge in [-0.05, 0) is 49.3 Å². The minimum Gasteiger partial charge on any atom is -0.508 e. The van der Waals surface area contributed by atoms with Crippen LogP contribution in [0.4, 0.5) is 0 Å². The standard InChI is InChI=1S/C12H17NO.ClH/c13-11-5-1-9(2-6-11)10-3-7-12(14)8-4-10;/h3-4,7-9,11,14H,1-2,5-6,13H2;1H. The number of nitrogens with two attached hydrogens (primary N) is 1. The Kier molecular flexibility index (Phi) is 4.43. The van der Waals surface area contributed by atoms with Crippen LogP contribution in [0.3, 0.4) is 0 Å². The van der Waals surface area contributed by atoms with E-state index in [1.165, 1.54) is 18.4 Å². The van der Waals surface area contributed by atoms with E-state index in [1.54, 1.807) is 12.1 Å². The molecule has 2 rings (SSSR count). The Morgan fingerprint density at radius 2 is 1.53 bits per heavy atom. The maximum atomic E-state index is 9.18. The predicted octanol–water partition coefficient (Wildman–Crippen LogP) is 2.80. The van der Waals surface area contributed by atoms with Crippen molar-refractivity contribution in [3.05, 3.63) is 29.8 Å². The largest absolute Gasteiger partial charge is 0.508 e. The SMILES string of the molecule is Cl.NC1CCC(c2ccc(O)cc2)CC1. The number of hydrogen-bond acceptors (Lipinski definition) is 2. The highest BCUT2D eigenvalue weighted by atomic mass is 35.5. The molecule has 1 aromatic rings. The first-order chi connectivity index (χ1) is 6.75. The van der Waals surface area contributed by atoms with Gasteiger partial charge in [-0.2, -0.15) is 0 Å². The zero-order chi connectivity index (χ0) is 9.97. The summed E-state index contributed by atoms with van der Waals surface area (Å²) in [5, 5.41) is 9.18. The van der Waals surface area contributed by atoms with E-state index in [0.29, 0.717) is 17.7 Å². The van der Waals surface area contributed by atoms with E-state index in [-0.39, 0.29) is 12.4 Å². The quantitative estimate of drug-likeness (QED) is 0.775. The van der Waals surface area contributed by atoms with Crippen LogP contribution >= 0.6 is 12.4 Å². The number of benzene rings is 1. The zero-order valence-corrected chi connectivity index (χ0v) is 9.54. The summed E-state index contributed by atoms with van der Waals surface area (Å²) in [6.07, 6.45) is 4.63. The van der Waals surface area contributed by atoms with Gasteiger partial charge in [-0.3, -0.25) is 0 Å². The smallest absolute Gasteiger partial charge is 0.115 e. The van der Waals surface area contributed by atoms with Gasteiger partial charge < -0.3 is 10.8 Å². The lowest BCUT2D eigenvalue weighted by atomic mass is 9.82. The Morgan fingerprint density at radius 1 is 1.00 bits per heavy atom. The summed E-state index contributed by atoms with van der Waals surface area (Å²) in [6.45, 7) is 0. The number of hydrogen-bond donors (Lipinski definition) is 2. The fourth-order valence-electron chi connectivity index (χ4n) is 2.20. The molecule has 0 unspecified atom stereocenters. The van der Waals surface area contributed by atoms with Crippen LogP contribution in [0, 0.1) is 0 Å². The lowest BCUT2D eigenvalue weighted by molar-refractivity contribution is 0.395. The van der Waals surface area contributed by atoms with Crippen molar-refractivity contribution < 1.29 is 5.11 Å². The maximum Gasteiger partial charge on any atom is 0.115 e. The van der Waals surface area contributed by atoms with E-state index in [9.17, 15) is 5.11 Å². The van der Waals surface area contributed by atoms with E-state index < -0.39 is 0 Å². The molecule has 0 spiro atoms. The summed E-state index contributed by atoms with van der Waals surface area (Å²) >= 11 is 0. The van der Waals surface area contributed by atoms with Crippen LogP contribution in [-0.2, 0) is 0 Å². The monoisotopic (exact) mass is 227 g/mol. The third-order valence-corrected chi connectivity index (χ3v) is 3.14. The highest BCUT2D eigenvalue weighted by Crippen LogP contribution is 2.32. The van der Waals surface area contributed by atoms with E-state index >= 15 is 0 Å². The molecule has 0 aliphatic heterocycles. The number of rotatable bonds is 1. The summed E-state index contributed by atoms with van der Waals surface area (Å²) in [4.78, 5) is 0. The molecule has 0 heterocycles. The third-order valence-electron chi connectivity index (χ3n) is 3.14. The van der Waals surface area contributed by atoms with Gasteiger partial charge in [0, 0.05) is 6.04 Å². The van der Waals surface area contributed by atoms with Crippen molar-refractivity contribution in [1.29, 1.82) is 0 Å². The van der Waals surface area contributed by atoms with Gasteiger partial charge in [0.1, 0.15) is 5.75 Å². The lowest BCUT2D eigenvalue weighted by Crippen LogP contribution is -2.25. The highest BCUT2D eigenvalue weighted by Gasteiger charge is 2.19. The van der Waals surface area contributed by atoms with Crippen molar-refractivity contribution >= 4 is 12.4 Å². The van der Waals surface area contributed by atoms with Crippen molar-refractivity contribution in [3.63, 3.8) is 0 Å². The Hall–Kier alpha value is -0.730. The molecule has 0 atom stereocenters. The molecular weight excluding hydrogens is 210 g/mol. The molecule has 0 bridgehead atoms. The zero-order valence-electron chi connectivity index (χ0n) is 8.73. The predicted molar refractivity (Wildman–Crippen MR) is 64.5 cm³/mol. The van der Waals surface area contributed by atoms with Crippen molar-refractivity contribution in [1.82, 2.24) is 0 Å². The molecule has 2 nitrogen and oxygen atoms in total. The van der Waals surface area contributed by atoms with Crippen molar-refractivity contribution in [2.45, 2.75) is 37.6 Å². The Morgan fingerprint density at radius 3 is 2.07 bits per heavy atom. The molecule has 0 amide bonds. The lowest BCUT2D eigenvalue weighted by Gasteiger charge is -2.26. The second-order valence-corrected chi connectivity index (χ2v) is 4.20. The molecule has 15 heavy (non-hydrogen) atoms. The first-order valence-electron chi connectivity index (χ1n) is 5.30. The van der Waals surface area contributed by atoms with Crippen molar-refractivity contribution in [2.24, 2.45) is 5.73 Å². The summed E-state index contributed by atoms with van der Waals surface area (Å²) in [6, 6.07) is 7.99. The van der Waals surface area contributed by atoms with Gasteiger partial charge in [0.05, 0.1) is 0 Å². The van der Waals surface area contributed by atoms with Crippen LogP contribution in [0.1, 0.15) is 37.2 Å². The molecule has 3 heteroatoms. The number of halogens is 1. The molecule has 1 aliphatic carbocycles. The first-order valence-corrected chi connectivity index (χ1v) is 5.30. The van der Waals surface area contributed by atoms with Crippen LogP contribution in [0.5, 0.6) is 5.75 Å². The molecule has 1 aliphatic rings. The molecule has 1 aromatic carbocycles. The fourth-order valence-corrected chi connectivity index (χ4v) is 2.20. The molecule has 1 fully saturated rings. The number of phenolic OH excluding ortho intramolecular Hbond substituents is 1. The topological polar surface area (TPSA) is 46.2 Å². The summed E-state index contributed by atoms with van der Waals surface area (Å²) in [5.41, 5.74) is 7.20. The summed E-state index contributed by atoms with van der Waals surface area (Å²) in [5.74, 6) is 0.997. The minimum absolute atomic E-state index is 0. The van der Waals surface area contributed by atoms with Crippen LogP contribution < -0.4 is 5.73 Å². The fraction of sp³-hybridized carbons (Fsp3) is 0.500. The maximum absolute atomic E-state index is 9.18. The van der Waals surface area contributed by atoms with Crippen LogP contribution in [-0.4, -0.2) is 11.1 Å². The van der Waals surface area contributed by atoms with Crippen LogP contribution in [0.2, 0.25) is 0 Å². The van der Waals surface area contributed by atoms with Crippen LogP contribution in [0.15, 0.2) is 24.3 Å². The van der Waals surface area contributed by atoms with Gasteiger partial charge in [-0.15, -0.1) is 12.4 Å². The van der Waals surface area contributed by atoms with Gasteiger partial charge in [0.15, 0.2) is 0 Å². The van der Waals surface area contributed by atoms with E-state index in [1.807, 2.05) is 12.1 Å². The minimum atomic E-state index is 0. The van der Waals surface area contributed by atoms with Crippen molar-refractivity contribution in [2.75, 3.05) is 0 Å². The summed E-state index contributed by atoms with van der Waals surface area (Å²) < 4.78 is 0. The molecule has 0 aromatic heterocycles. The highest BCUT2D eigenvalue weighted by molar-refractivity contribution is 5.85. The molecule has 84 valence electrons. The van der Waals surface area contributed by atoms with Gasteiger partial charge >= 0.3 is 0 Å². The van der Waals surface area contributed by atoms with Gasteiger partial charge in [-0.1, -0.05) is 12.1 Å². The van der Waals surface area contributed by atoms with E-state index in [2.05, 4.69) is 0 Å². The van der Waals surface area contributed by atoms with Crippen molar-refractivity contribution in [3.8, 4) is 5.75 Å². The average molecular weight is 228 g/mol. The van der Waals surface area contributed by atoms with E-state index in [0.717, 1.165) is 12.8 Å². The molecule has 0 radical (unpaired) electrons. The summed E-state index contributed by atoms with van der Waals surface area (Å²) in [7, 11) is 0. The Balaban J connectivity index is 0.00000112. The number of aromatic hydroxyl groups is 1. The first kappa shape index (κ1) is 12.3. The van der Waals surface area contributed by atoms with Gasteiger partial charge in [0.25, 0.3) is 0 Å². The van der Waals surface area contributed by atoms with Crippen LogP contribution in [0.25, 0.3) is 0 Å². The average Bonchev–Trinajstić information content (AvgIpc) is 2.21. The van der Waals surface area contributed by atoms with E-state index in [4.69, 9.17) is 5.73 Å². The Bertz CT molecular complexity index is 291. The number of phenols is 1. The normalized spacial score (nSPS) is 25.7. The van der Waals surface area contributed by atoms with Gasteiger partial charge in [-0.25, -0.2) is 0 Å². The molecule has 3 N–H and O–H groups in total. The second kappa shape index (κ2) is 5.38. The third kappa shape index (κ3) is 3.11. The Labute approximate surface area is 96.9 Å². The molecule has 1 saturated carbocycles. The molecular formula is C12H18ClNO. The second-order valence-electron chi connectivity index (χ2n) is 4.20. The van der Waals surface area contributed by atoms with Gasteiger partial charge in [0.2, 0.25) is 0 Å². The molecule has 0 saturated heterocycles.